The van der Waals surface area contributed by atoms with Gasteiger partial charge in [0.1, 0.15) is 0 Å². The summed E-state index contributed by atoms with van der Waals surface area (Å²) in [5.74, 6) is 0. The van der Waals surface area contributed by atoms with Gasteiger partial charge in [-0.2, -0.15) is 0 Å². The van der Waals surface area contributed by atoms with Gasteiger partial charge in [-0.25, -0.2) is 0 Å². The fraction of sp³-hybridized carbons (Fsp3) is 1.00. The lowest BCUT2D eigenvalue weighted by Gasteiger charge is -2.42. The fourth-order valence-electron chi connectivity index (χ4n) is 3.30. The van der Waals surface area contributed by atoms with Gasteiger partial charge in [0.15, 0.2) is 0 Å². The average molecular weight is 209 g/mol. The summed E-state index contributed by atoms with van der Waals surface area (Å²) in [7, 11) is 0. The lowest BCUT2D eigenvalue weighted by Crippen LogP contribution is -2.42. The zero-order valence-electron chi connectivity index (χ0n) is 10.7. The van der Waals surface area contributed by atoms with Crippen molar-refractivity contribution in [2.45, 2.75) is 71.8 Å². The van der Waals surface area contributed by atoms with Crippen LogP contribution in [0.2, 0.25) is 0 Å². The Morgan fingerprint density at radius 3 is 2.33 bits per heavy atom. The molecule has 0 saturated heterocycles. The Balaban J connectivity index is 1.74. The Bertz CT molecular complexity index is 210. The Morgan fingerprint density at radius 1 is 1.20 bits per heavy atom. The number of rotatable bonds is 4. The summed E-state index contributed by atoms with van der Waals surface area (Å²) in [5.41, 5.74) is 1.28. The highest BCUT2D eigenvalue weighted by molar-refractivity contribution is 4.92. The first-order valence-corrected chi connectivity index (χ1v) is 6.79. The van der Waals surface area contributed by atoms with Crippen molar-refractivity contribution in [3.05, 3.63) is 0 Å². The third-order valence-electron chi connectivity index (χ3n) is 4.90. The third-order valence-corrected chi connectivity index (χ3v) is 4.90. The molecule has 1 unspecified atom stereocenters. The van der Waals surface area contributed by atoms with Gasteiger partial charge in [0.2, 0.25) is 0 Å². The highest BCUT2D eigenvalue weighted by Crippen LogP contribution is 2.44. The normalized spacial score (nSPS) is 32.6. The van der Waals surface area contributed by atoms with E-state index in [1.165, 1.54) is 51.5 Å². The first kappa shape index (κ1) is 11.4. The lowest BCUT2D eigenvalue weighted by molar-refractivity contribution is 0.118. The highest BCUT2D eigenvalue weighted by atomic mass is 14.9. The van der Waals surface area contributed by atoms with Gasteiger partial charge < -0.3 is 5.32 Å². The predicted octanol–water partition coefficient (Wildman–Crippen LogP) is 3.74. The monoisotopic (exact) mass is 209 g/mol. The van der Waals surface area contributed by atoms with Crippen LogP contribution < -0.4 is 5.32 Å². The number of hydrogen-bond acceptors (Lipinski definition) is 1. The minimum atomic E-state index is 0.594. The van der Waals surface area contributed by atoms with E-state index in [4.69, 9.17) is 0 Å². The standard InChI is InChI=1S/C14H27N/c1-4-14(7-5-8-14)11-15-12-6-9-13(2,3)10-12/h12,15H,4-11H2,1-3H3. The number of hydrogen-bond donors (Lipinski definition) is 1. The minimum absolute atomic E-state index is 0.594. The van der Waals surface area contributed by atoms with E-state index in [9.17, 15) is 0 Å². The summed E-state index contributed by atoms with van der Waals surface area (Å²) in [6.45, 7) is 8.46. The summed E-state index contributed by atoms with van der Waals surface area (Å²) in [6.07, 6.45) is 9.95. The summed E-state index contributed by atoms with van der Waals surface area (Å²) in [4.78, 5) is 0. The van der Waals surface area contributed by atoms with Crippen LogP contribution in [0.25, 0.3) is 0 Å². The minimum Gasteiger partial charge on any atom is -0.313 e. The fourth-order valence-corrected chi connectivity index (χ4v) is 3.30. The molecule has 0 aliphatic heterocycles. The maximum absolute atomic E-state index is 3.83. The molecule has 0 bridgehead atoms. The SMILES string of the molecule is CCC1(CNC2CCC(C)(C)C2)CCC1. The Morgan fingerprint density at radius 2 is 1.93 bits per heavy atom. The molecule has 0 amide bonds. The summed E-state index contributed by atoms with van der Waals surface area (Å²) in [6, 6.07) is 0.809. The molecule has 0 spiro atoms. The van der Waals surface area contributed by atoms with Gasteiger partial charge in [-0.05, 0) is 49.4 Å². The number of nitrogens with one attached hydrogen (secondary N) is 1. The molecule has 2 aliphatic rings. The molecule has 1 nitrogen and oxygen atoms in total. The van der Waals surface area contributed by atoms with Gasteiger partial charge >= 0.3 is 0 Å². The van der Waals surface area contributed by atoms with Crippen molar-refractivity contribution in [3.63, 3.8) is 0 Å². The van der Waals surface area contributed by atoms with Crippen molar-refractivity contribution in [1.82, 2.24) is 5.32 Å². The molecular weight excluding hydrogens is 182 g/mol. The maximum Gasteiger partial charge on any atom is 0.00725 e. The van der Waals surface area contributed by atoms with E-state index in [0.29, 0.717) is 10.8 Å². The van der Waals surface area contributed by atoms with Crippen molar-refractivity contribution in [3.8, 4) is 0 Å². The molecule has 0 aromatic rings. The van der Waals surface area contributed by atoms with Crippen LogP contribution in [0.15, 0.2) is 0 Å². The smallest absolute Gasteiger partial charge is 0.00725 e. The molecule has 1 N–H and O–H groups in total. The first-order valence-electron chi connectivity index (χ1n) is 6.79. The first-order chi connectivity index (χ1) is 7.05. The van der Waals surface area contributed by atoms with Crippen molar-refractivity contribution < 1.29 is 0 Å². The molecule has 0 aromatic carbocycles. The van der Waals surface area contributed by atoms with Crippen LogP contribution in [0.4, 0.5) is 0 Å². The molecule has 88 valence electrons. The van der Waals surface area contributed by atoms with Crippen LogP contribution in [-0.4, -0.2) is 12.6 Å². The van der Waals surface area contributed by atoms with Gasteiger partial charge in [0.25, 0.3) is 0 Å². The van der Waals surface area contributed by atoms with E-state index >= 15 is 0 Å². The lowest BCUT2D eigenvalue weighted by atomic mass is 9.67. The molecule has 0 heterocycles. The topological polar surface area (TPSA) is 12.0 Å². The molecule has 2 saturated carbocycles. The molecule has 2 rings (SSSR count). The molecule has 2 fully saturated rings. The van der Waals surface area contributed by atoms with E-state index in [1.54, 1.807) is 0 Å². The molecule has 1 atom stereocenters. The highest BCUT2D eigenvalue weighted by Gasteiger charge is 2.37. The predicted molar refractivity (Wildman–Crippen MR) is 66.0 cm³/mol. The largest absolute Gasteiger partial charge is 0.313 e. The van der Waals surface area contributed by atoms with Crippen molar-refractivity contribution in [1.29, 1.82) is 0 Å². The van der Waals surface area contributed by atoms with Crippen molar-refractivity contribution in [2.75, 3.05) is 6.54 Å². The Hall–Kier alpha value is -0.0400. The van der Waals surface area contributed by atoms with E-state index in [2.05, 4.69) is 26.1 Å². The van der Waals surface area contributed by atoms with E-state index in [-0.39, 0.29) is 0 Å². The molecule has 15 heavy (non-hydrogen) atoms. The van der Waals surface area contributed by atoms with E-state index < -0.39 is 0 Å². The van der Waals surface area contributed by atoms with Gasteiger partial charge in [0, 0.05) is 12.6 Å². The molecule has 0 aromatic heterocycles. The van der Waals surface area contributed by atoms with E-state index in [1.807, 2.05) is 0 Å². The zero-order chi connectivity index (χ0) is 10.9. The van der Waals surface area contributed by atoms with Crippen LogP contribution in [-0.2, 0) is 0 Å². The molecule has 0 radical (unpaired) electrons. The van der Waals surface area contributed by atoms with Gasteiger partial charge in [-0.1, -0.05) is 27.2 Å². The second-order valence-electron chi connectivity index (χ2n) is 6.69. The summed E-state index contributed by atoms with van der Waals surface area (Å²) in [5, 5.41) is 3.83. The van der Waals surface area contributed by atoms with Gasteiger partial charge in [0.05, 0.1) is 0 Å². The van der Waals surface area contributed by atoms with Crippen LogP contribution in [0.5, 0.6) is 0 Å². The summed E-state index contributed by atoms with van der Waals surface area (Å²) >= 11 is 0. The van der Waals surface area contributed by atoms with Crippen LogP contribution >= 0.6 is 0 Å². The molecule has 2 aliphatic carbocycles. The van der Waals surface area contributed by atoms with E-state index in [0.717, 1.165) is 6.04 Å². The van der Waals surface area contributed by atoms with Crippen molar-refractivity contribution in [2.24, 2.45) is 10.8 Å². The molecule has 1 heteroatoms. The Labute approximate surface area is 95.0 Å². The molecular formula is C14H27N. The Kier molecular flexibility index (Phi) is 3.12. The quantitative estimate of drug-likeness (QED) is 0.744. The average Bonchev–Trinajstić information content (AvgIpc) is 2.45. The summed E-state index contributed by atoms with van der Waals surface area (Å²) < 4.78 is 0. The van der Waals surface area contributed by atoms with Gasteiger partial charge in [-0.3, -0.25) is 0 Å². The maximum atomic E-state index is 3.83. The van der Waals surface area contributed by atoms with Crippen LogP contribution in [0.1, 0.15) is 65.7 Å². The van der Waals surface area contributed by atoms with Crippen LogP contribution in [0, 0.1) is 10.8 Å². The second-order valence-corrected chi connectivity index (χ2v) is 6.69. The van der Waals surface area contributed by atoms with Crippen molar-refractivity contribution >= 4 is 0 Å². The third kappa shape index (κ3) is 2.55. The zero-order valence-corrected chi connectivity index (χ0v) is 10.7. The van der Waals surface area contributed by atoms with Crippen LogP contribution in [0.3, 0.4) is 0 Å². The van der Waals surface area contributed by atoms with Gasteiger partial charge in [-0.15, -0.1) is 0 Å². The second kappa shape index (κ2) is 4.08.